The van der Waals surface area contributed by atoms with Gasteiger partial charge in [-0.3, -0.25) is 9.59 Å². The first kappa shape index (κ1) is 21.6. The van der Waals surface area contributed by atoms with Crippen LogP contribution in [0.2, 0.25) is 0 Å². The lowest BCUT2D eigenvalue weighted by Crippen LogP contribution is -2.35. The summed E-state index contributed by atoms with van der Waals surface area (Å²) >= 11 is 0. The van der Waals surface area contributed by atoms with Crippen molar-refractivity contribution in [2.24, 2.45) is 0 Å². The fraction of sp³-hybridized carbons (Fsp3) is 0.333. The predicted octanol–water partition coefficient (Wildman–Crippen LogP) is 4.49. The van der Waals surface area contributed by atoms with Crippen LogP contribution in [-0.4, -0.2) is 30.9 Å². The summed E-state index contributed by atoms with van der Waals surface area (Å²) in [5.41, 5.74) is 1.56. The standard InChI is InChI=1S/C24H29N3O3/c1-3-6-23(28)27(17-4-2)19-10-14-21(15-11-19)30-20-12-8-18(9-13-20)26-24(29)22-7-5-16-25-22/h4,8-15,22,25H,2-3,5-7,16-17H2,1H3,(H,26,29)/t22-/m0/s1. The lowest BCUT2D eigenvalue weighted by atomic mass is 10.2. The number of hydrogen-bond donors (Lipinski definition) is 2. The van der Waals surface area contributed by atoms with Gasteiger partial charge in [0.15, 0.2) is 0 Å². The van der Waals surface area contributed by atoms with E-state index in [1.807, 2.05) is 55.5 Å². The molecule has 2 N–H and O–H groups in total. The van der Waals surface area contributed by atoms with E-state index < -0.39 is 0 Å². The zero-order chi connectivity index (χ0) is 21.3. The summed E-state index contributed by atoms with van der Waals surface area (Å²) in [5, 5.41) is 6.11. The van der Waals surface area contributed by atoms with Gasteiger partial charge in [-0.05, 0) is 74.3 Å². The fourth-order valence-corrected chi connectivity index (χ4v) is 3.40. The van der Waals surface area contributed by atoms with Gasteiger partial charge in [-0.25, -0.2) is 0 Å². The number of hydrogen-bond acceptors (Lipinski definition) is 4. The van der Waals surface area contributed by atoms with Crippen LogP contribution in [0, 0.1) is 0 Å². The van der Waals surface area contributed by atoms with E-state index in [0.29, 0.717) is 24.5 Å². The summed E-state index contributed by atoms with van der Waals surface area (Å²) < 4.78 is 5.89. The maximum Gasteiger partial charge on any atom is 0.241 e. The van der Waals surface area contributed by atoms with Gasteiger partial charge in [0.1, 0.15) is 11.5 Å². The molecule has 0 aromatic heterocycles. The van der Waals surface area contributed by atoms with Crippen molar-refractivity contribution in [1.82, 2.24) is 5.32 Å². The van der Waals surface area contributed by atoms with E-state index in [-0.39, 0.29) is 17.9 Å². The van der Waals surface area contributed by atoms with Gasteiger partial charge in [-0.2, -0.15) is 0 Å². The Balaban J connectivity index is 1.60. The summed E-state index contributed by atoms with van der Waals surface area (Å²) in [5.74, 6) is 1.42. The molecule has 1 aliphatic heterocycles. The van der Waals surface area contributed by atoms with Crippen molar-refractivity contribution < 1.29 is 14.3 Å². The molecule has 3 rings (SSSR count). The first-order valence-corrected chi connectivity index (χ1v) is 10.4. The number of nitrogens with one attached hydrogen (secondary N) is 2. The molecule has 6 heteroatoms. The van der Waals surface area contributed by atoms with Crippen LogP contribution in [0.3, 0.4) is 0 Å². The molecule has 1 fully saturated rings. The molecule has 1 aliphatic rings. The lowest BCUT2D eigenvalue weighted by Gasteiger charge is -2.21. The Morgan fingerprint density at radius 3 is 2.40 bits per heavy atom. The number of benzene rings is 2. The highest BCUT2D eigenvalue weighted by atomic mass is 16.5. The van der Waals surface area contributed by atoms with Crippen LogP contribution < -0.4 is 20.3 Å². The zero-order valence-electron chi connectivity index (χ0n) is 17.4. The molecule has 1 atom stereocenters. The Labute approximate surface area is 177 Å². The number of carbonyl (C=O) groups is 2. The van der Waals surface area contributed by atoms with Gasteiger partial charge in [0.25, 0.3) is 0 Å². The Hall–Kier alpha value is -3.12. The van der Waals surface area contributed by atoms with Crippen molar-refractivity contribution in [2.75, 3.05) is 23.3 Å². The quantitative estimate of drug-likeness (QED) is 0.601. The van der Waals surface area contributed by atoms with Gasteiger partial charge in [-0.15, -0.1) is 6.58 Å². The zero-order valence-corrected chi connectivity index (χ0v) is 17.4. The average Bonchev–Trinajstić information content (AvgIpc) is 3.29. The molecule has 0 spiro atoms. The summed E-state index contributed by atoms with van der Waals surface area (Å²) in [6, 6.07) is 14.6. The van der Waals surface area contributed by atoms with Crippen LogP contribution in [0.1, 0.15) is 32.6 Å². The van der Waals surface area contributed by atoms with E-state index >= 15 is 0 Å². The molecule has 0 aliphatic carbocycles. The minimum absolute atomic E-state index is 0.00143. The number of nitrogens with zero attached hydrogens (tertiary/aromatic N) is 1. The van der Waals surface area contributed by atoms with Crippen molar-refractivity contribution >= 4 is 23.2 Å². The molecule has 1 saturated heterocycles. The smallest absolute Gasteiger partial charge is 0.241 e. The lowest BCUT2D eigenvalue weighted by molar-refractivity contribution is -0.119. The van der Waals surface area contributed by atoms with Crippen molar-refractivity contribution in [3.8, 4) is 11.5 Å². The van der Waals surface area contributed by atoms with Crippen LogP contribution >= 0.6 is 0 Å². The second-order valence-electron chi connectivity index (χ2n) is 7.30. The molecule has 0 unspecified atom stereocenters. The van der Waals surface area contributed by atoms with Crippen LogP contribution in [0.15, 0.2) is 61.2 Å². The molecule has 2 aromatic carbocycles. The minimum Gasteiger partial charge on any atom is -0.457 e. The van der Waals surface area contributed by atoms with Crippen LogP contribution in [0.4, 0.5) is 11.4 Å². The summed E-state index contributed by atoms with van der Waals surface area (Å²) in [7, 11) is 0. The van der Waals surface area contributed by atoms with E-state index in [1.54, 1.807) is 11.0 Å². The van der Waals surface area contributed by atoms with Gasteiger partial charge in [0, 0.05) is 24.3 Å². The molecular weight excluding hydrogens is 378 g/mol. The molecule has 158 valence electrons. The van der Waals surface area contributed by atoms with E-state index in [2.05, 4.69) is 17.2 Å². The molecule has 1 heterocycles. The first-order valence-electron chi connectivity index (χ1n) is 10.4. The molecule has 0 radical (unpaired) electrons. The number of rotatable bonds is 9. The third-order valence-electron chi connectivity index (χ3n) is 4.96. The van der Waals surface area contributed by atoms with E-state index in [1.165, 1.54) is 0 Å². The number of ether oxygens (including phenoxy) is 1. The fourth-order valence-electron chi connectivity index (χ4n) is 3.40. The van der Waals surface area contributed by atoms with Crippen molar-refractivity contribution in [3.63, 3.8) is 0 Å². The molecule has 0 saturated carbocycles. The van der Waals surface area contributed by atoms with Crippen molar-refractivity contribution in [3.05, 3.63) is 61.2 Å². The molecule has 2 amide bonds. The summed E-state index contributed by atoms with van der Waals surface area (Å²) in [4.78, 5) is 26.2. The predicted molar refractivity (Wildman–Crippen MR) is 120 cm³/mol. The van der Waals surface area contributed by atoms with Gasteiger partial charge in [0.2, 0.25) is 11.8 Å². The van der Waals surface area contributed by atoms with Gasteiger partial charge in [-0.1, -0.05) is 13.0 Å². The Bertz CT molecular complexity index is 856. The topological polar surface area (TPSA) is 70.7 Å². The Morgan fingerprint density at radius 2 is 1.83 bits per heavy atom. The highest BCUT2D eigenvalue weighted by Crippen LogP contribution is 2.26. The van der Waals surface area contributed by atoms with E-state index in [9.17, 15) is 9.59 Å². The second-order valence-corrected chi connectivity index (χ2v) is 7.30. The average molecular weight is 408 g/mol. The SMILES string of the molecule is C=CCN(C(=O)CCC)c1ccc(Oc2ccc(NC(=O)[C@@H]3CCCN3)cc2)cc1. The van der Waals surface area contributed by atoms with Crippen LogP contribution in [0.25, 0.3) is 0 Å². The number of amides is 2. The number of anilines is 2. The highest BCUT2D eigenvalue weighted by Gasteiger charge is 2.21. The third kappa shape index (κ3) is 5.70. The van der Waals surface area contributed by atoms with E-state index in [4.69, 9.17) is 4.74 Å². The maximum absolute atomic E-state index is 12.3. The molecule has 6 nitrogen and oxygen atoms in total. The third-order valence-corrected chi connectivity index (χ3v) is 4.96. The van der Waals surface area contributed by atoms with E-state index in [0.717, 1.165) is 37.2 Å². The minimum atomic E-state index is -0.107. The second kappa shape index (κ2) is 10.6. The van der Waals surface area contributed by atoms with Crippen molar-refractivity contribution in [2.45, 2.75) is 38.6 Å². The molecular formula is C24H29N3O3. The normalized spacial score (nSPS) is 15.4. The van der Waals surface area contributed by atoms with Gasteiger partial charge < -0.3 is 20.3 Å². The molecule has 2 aromatic rings. The van der Waals surface area contributed by atoms with Gasteiger partial charge in [0.05, 0.1) is 6.04 Å². The highest BCUT2D eigenvalue weighted by molar-refractivity contribution is 5.95. The van der Waals surface area contributed by atoms with Crippen LogP contribution in [0.5, 0.6) is 11.5 Å². The Kier molecular flexibility index (Phi) is 7.63. The van der Waals surface area contributed by atoms with Crippen molar-refractivity contribution in [1.29, 1.82) is 0 Å². The molecule has 30 heavy (non-hydrogen) atoms. The Morgan fingerprint density at radius 1 is 1.17 bits per heavy atom. The monoisotopic (exact) mass is 407 g/mol. The number of carbonyl (C=O) groups excluding carboxylic acids is 2. The first-order chi connectivity index (χ1) is 14.6. The molecule has 0 bridgehead atoms. The van der Waals surface area contributed by atoms with Crippen LogP contribution in [-0.2, 0) is 9.59 Å². The summed E-state index contributed by atoms with van der Waals surface area (Å²) in [6.45, 7) is 7.10. The largest absolute Gasteiger partial charge is 0.457 e. The maximum atomic E-state index is 12.3. The summed E-state index contributed by atoms with van der Waals surface area (Å²) in [6.07, 6.45) is 4.94. The van der Waals surface area contributed by atoms with Gasteiger partial charge >= 0.3 is 0 Å².